The van der Waals surface area contributed by atoms with Crippen molar-refractivity contribution in [3.8, 4) is 0 Å². The molecule has 5 nitrogen and oxygen atoms in total. The number of hydrogen-bond acceptors (Lipinski definition) is 4. The maximum atomic E-state index is 13.5. The summed E-state index contributed by atoms with van der Waals surface area (Å²) < 4.78 is 36.4. The first-order chi connectivity index (χ1) is 9.69. The lowest BCUT2D eigenvalue weighted by atomic mass is 10.0. The molecule has 0 aromatic heterocycles. The molecule has 1 aromatic rings. The average molecular weight is 335 g/mol. The van der Waals surface area contributed by atoms with Crippen LogP contribution in [0.2, 0.25) is 5.02 Å². The van der Waals surface area contributed by atoms with E-state index in [0.717, 1.165) is 0 Å². The second kappa shape index (κ2) is 5.81. The smallest absolute Gasteiger partial charge is 0.239 e. The molecule has 1 atom stereocenters. The van der Waals surface area contributed by atoms with Gasteiger partial charge < -0.3 is 10.6 Å². The van der Waals surface area contributed by atoms with Gasteiger partial charge in [0.2, 0.25) is 5.91 Å². The Bertz CT molecular complexity index is 665. The Morgan fingerprint density at radius 1 is 1.48 bits per heavy atom. The maximum absolute atomic E-state index is 13.5. The highest BCUT2D eigenvalue weighted by atomic mass is 35.5. The van der Waals surface area contributed by atoms with E-state index in [1.54, 1.807) is 6.92 Å². The van der Waals surface area contributed by atoms with Crippen LogP contribution in [-0.2, 0) is 14.6 Å². The normalized spacial score (nSPS) is 23.8. The van der Waals surface area contributed by atoms with Crippen molar-refractivity contribution in [3.05, 3.63) is 29.0 Å². The number of amides is 1. The van der Waals surface area contributed by atoms with Gasteiger partial charge in [-0.2, -0.15) is 0 Å². The Morgan fingerprint density at radius 3 is 2.81 bits per heavy atom. The van der Waals surface area contributed by atoms with Gasteiger partial charge in [-0.05, 0) is 31.5 Å². The number of benzene rings is 1. The predicted molar refractivity (Wildman–Crippen MR) is 79.7 cm³/mol. The van der Waals surface area contributed by atoms with Crippen molar-refractivity contribution in [2.24, 2.45) is 0 Å². The highest BCUT2D eigenvalue weighted by Gasteiger charge is 2.39. The lowest BCUT2D eigenvalue weighted by molar-refractivity contribution is -0.120. The number of carbonyl (C=O) groups is 1. The molecule has 2 N–H and O–H groups in total. The lowest BCUT2D eigenvalue weighted by Gasteiger charge is -2.24. The summed E-state index contributed by atoms with van der Waals surface area (Å²) in [4.78, 5) is 11.9. The van der Waals surface area contributed by atoms with Crippen LogP contribution in [0.5, 0.6) is 0 Å². The van der Waals surface area contributed by atoms with E-state index in [1.807, 2.05) is 0 Å². The molecule has 116 valence electrons. The number of nitrogens with one attached hydrogen (secondary N) is 2. The molecule has 0 spiro atoms. The van der Waals surface area contributed by atoms with Crippen LogP contribution in [0.25, 0.3) is 0 Å². The summed E-state index contributed by atoms with van der Waals surface area (Å²) >= 11 is 5.75. The standard InChI is InChI=1S/C13H16ClFN2O3S/c1-13(4-5-21(19,20)8-13)17-12(18)7-16-11-6-9(14)2-3-10(11)15/h2-3,6,16H,4-5,7-8H2,1H3,(H,17,18)/t13-/m0/s1. The third kappa shape index (κ3) is 4.31. The van der Waals surface area contributed by atoms with E-state index >= 15 is 0 Å². The zero-order valence-corrected chi connectivity index (χ0v) is 13.0. The highest BCUT2D eigenvalue weighted by molar-refractivity contribution is 7.91. The summed E-state index contributed by atoms with van der Waals surface area (Å²) in [6.07, 6.45) is 0.382. The largest absolute Gasteiger partial charge is 0.374 e. The van der Waals surface area contributed by atoms with Crippen LogP contribution in [0.4, 0.5) is 10.1 Å². The van der Waals surface area contributed by atoms with Gasteiger partial charge >= 0.3 is 0 Å². The van der Waals surface area contributed by atoms with Crippen molar-refractivity contribution in [1.29, 1.82) is 0 Å². The van der Waals surface area contributed by atoms with Gasteiger partial charge in [0, 0.05) is 5.02 Å². The first-order valence-corrected chi connectivity index (χ1v) is 8.59. The van der Waals surface area contributed by atoms with Crippen molar-refractivity contribution >= 4 is 33.0 Å². The second-order valence-electron chi connectivity index (χ2n) is 5.43. The van der Waals surface area contributed by atoms with E-state index in [1.165, 1.54) is 18.2 Å². The van der Waals surface area contributed by atoms with E-state index < -0.39 is 27.1 Å². The van der Waals surface area contributed by atoms with E-state index in [4.69, 9.17) is 11.6 Å². The molecule has 1 aromatic carbocycles. The molecule has 1 fully saturated rings. The van der Waals surface area contributed by atoms with Gasteiger partial charge in [-0.25, -0.2) is 12.8 Å². The molecular formula is C13H16ClFN2O3S. The topological polar surface area (TPSA) is 75.3 Å². The fraction of sp³-hybridized carbons (Fsp3) is 0.462. The average Bonchev–Trinajstić information content (AvgIpc) is 2.64. The van der Waals surface area contributed by atoms with E-state index in [-0.39, 0.29) is 23.7 Å². The minimum absolute atomic E-state index is 0.0696. The molecule has 21 heavy (non-hydrogen) atoms. The molecule has 0 radical (unpaired) electrons. The number of anilines is 1. The molecule has 2 rings (SSSR count). The summed E-state index contributed by atoms with van der Waals surface area (Å²) in [6.45, 7) is 1.53. The molecule has 8 heteroatoms. The van der Waals surface area contributed by atoms with Crippen LogP contribution in [-0.4, -0.2) is 37.9 Å². The first-order valence-electron chi connectivity index (χ1n) is 6.40. The zero-order chi connectivity index (χ0) is 15.7. The Labute approximate surface area is 127 Å². The van der Waals surface area contributed by atoms with Crippen LogP contribution in [0.3, 0.4) is 0 Å². The van der Waals surface area contributed by atoms with E-state index in [0.29, 0.717) is 11.4 Å². The van der Waals surface area contributed by atoms with Crippen molar-refractivity contribution in [2.75, 3.05) is 23.4 Å². The Balaban J connectivity index is 1.92. The Hall–Kier alpha value is -1.34. The van der Waals surface area contributed by atoms with E-state index in [9.17, 15) is 17.6 Å². The van der Waals surface area contributed by atoms with Crippen molar-refractivity contribution in [3.63, 3.8) is 0 Å². The molecular weight excluding hydrogens is 319 g/mol. The minimum atomic E-state index is -3.09. The Kier molecular flexibility index (Phi) is 4.43. The van der Waals surface area contributed by atoms with Crippen LogP contribution >= 0.6 is 11.6 Å². The minimum Gasteiger partial charge on any atom is -0.374 e. The summed E-state index contributed by atoms with van der Waals surface area (Å²) in [5.74, 6) is -0.909. The predicted octanol–water partition coefficient (Wildman–Crippen LogP) is 1.58. The number of hydrogen-bond donors (Lipinski definition) is 2. The monoisotopic (exact) mass is 334 g/mol. The van der Waals surface area contributed by atoms with Gasteiger partial charge in [0.05, 0.1) is 29.3 Å². The fourth-order valence-electron chi connectivity index (χ4n) is 2.30. The van der Waals surface area contributed by atoms with Gasteiger partial charge in [0.1, 0.15) is 5.82 Å². The molecule has 0 bridgehead atoms. The van der Waals surface area contributed by atoms with Gasteiger partial charge in [-0.15, -0.1) is 0 Å². The molecule has 1 aliphatic rings. The third-order valence-electron chi connectivity index (χ3n) is 3.31. The molecule has 1 amide bonds. The molecule has 1 saturated heterocycles. The third-order valence-corrected chi connectivity index (χ3v) is 5.45. The Morgan fingerprint density at radius 2 is 2.19 bits per heavy atom. The number of carbonyl (C=O) groups excluding carboxylic acids is 1. The molecule has 0 aliphatic carbocycles. The first kappa shape index (κ1) is 16.0. The van der Waals surface area contributed by atoms with Crippen molar-refractivity contribution in [1.82, 2.24) is 5.32 Å². The summed E-state index contributed by atoms with van der Waals surface area (Å²) in [7, 11) is -3.09. The van der Waals surface area contributed by atoms with Crippen LogP contribution < -0.4 is 10.6 Å². The molecule has 1 aliphatic heterocycles. The number of sulfone groups is 1. The van der Waals surface area contributed by atoms with Gasteiger partial charge in [0.15, 0.2) is 9.84 Å². The fourth-order valence-corrected chi connectivity index (χ4v) is 4.56. The summed E-state index contributed by atoms with van der Waals surface area (Å²) in [5, 5.41) is 5.68. The van der Waals surface area contributed by atoms with Crippen LogP contribution in [0.15, 0.2) is 18.2 Å². The van der Waals surface area contributed by atoms with Crippen molar-refractivity contribution < 1.29 is 17.6 Å². The lowest BCUT2D eigenvalue weighted by Crippen LogP contribution is -2.48. The van der Waals surface area contributed by atoms with Crippen LogP contribution in [0, 0.1) is 5.82 Å². The SMILES string of the molecule is C[C@]1(NC(=O)CNc2cc(Cl)ccc2F)CCS(=O)(=O)C1. The maximum Gasteiger partial charge on any atom is 0.239 e. The second-order valence-corrected chi connectivity index (χ2v) is 8.05. The van der Waals surface area contributed by atoms with Gasteiger partial charge in [0.25, 0.3) is 0 Å². The van der Waals surface area contributed by atoms with Gasteiger partial charge in [-0.3, -0.25) is 4.79 Å². The summed E-state index contributed by atoms with van der Waals surface area (Å²) in [5.41, 5.74) is -0.633. The van der Waals surface area contributed by atoms with Crippen molar-refractivity contribution in [2.45, 2.75) is 18.9 Å². The van der Waals surface area contributed by atoms with Gasteiger partial charge in [-0.1, -0.05) is 11.6 Å². The number of rotatable bonds is 4. The molecule has 1 heterocycles. The quantitative estimate of drug-likeness (QED) is 0.876. The molecule has 0 saturated carbocycles. The number of halogens is 2. The summed E-state index contributed by atoms with van der Waals surface area (Å²) in [6, 6.07) is 3.99. The zero-order valence-electron chi connectivity index (χ0n) is 11.4. The van der Waals surface area contributed by atoms with E-state index in [2.05, 4.69) is 10.6 Å². The van der Waals surface area contributed by atoms with Crippen LogP contribution in [0.1, 0.15) is 13.3 Å². The molecule has 0 unspecified atom stereocenters. The highest BCUT2D eigenvalue weighted by Crippen LogP contribution is 2.23.